The number of nitrogens with zero attached hydrogens (tertiary/aromatic N) is 4. The zero-order valence-corrected chi connectivity index (χ0v) is 15.0. The molecule has 4 rings (SSSR count). The van der Waals surface area contributed by atoms with Crippen molar-refractivity contribution in [1.29, 1.82) is 0 Å². The van der Waals surface area contributed by atoms with Gasteiger partial charge >= 0.3 is 0 Å². The third-order valence-corrected chi connectivity index (χ3v) is 6.11. The highest BCUT2D eigenvalue weighted by Crippen LogP contribution is 2.41. The van der Waals surface area contributed by atoms with Gasteiger partial charge in [-0.2, -0.15) is 5.10 Å². The average molecular weight is 345 g/mol. The Balaban J connectivity index is 1.43. The van der Waals surface area contributed by atoms with Gasteiger partial charge in [-0.3, -0.25) is 9.58 Å². The SMILES string of the molecule is CN(Cc1csc(-c2cccs2)n1)Cc1cnn(C)c1C1CC1. The van der Waals surface area contributed by atoms with Gasteiger partial charge in [0.05, 0.1) is 16.8 Å². The maximum absolute atomic E-state index is 4.78. The zero-order valence-electron chi connectivity index (χ0n) is 13.4. The van der Waals surface area contributed by atoms with Crippen LogP contribution in [0.4, 0.5) is 0 Å². The second-order valence-electron chi connectivity index (χ2n) is 6.25. The van der Waals surface area contributed by atoms with Crippen molar-refractivity contribution in [2.24, 2.45) is 7.05 Å². The van der Waals surface area contributed by atoms with Gasteiger partial charge in [-0.25, -0.2) is 4.98 Å². The van der Waals surface area contributed by atoms with Gasteiger partial charge in [0, 0.05) is 42.7 Å². The molecule has 0 aromatic carbocycles. The Kier molecular flexibility index (Phi) is 4.05. The molecule has 0 aliphatic heterocycles. The molecule has 1 saturated carbocycles. The summed E-state index contributed by atoms with van der Waals surface area (Å²) in [6.07, 6.45) is 4.65. The molecule has 0 amide bonds. The monoisotopic (exact) mass is 344 g/mol. The Labute approximate surface area is 144 Å². The molecule has 0 bridgehead atoms. The molecule has 0 saturated heterocycles. The summed E-state index contributed by atoms with van der Waals surface area (Å²) in [5.74, 6) is 0.732. The van der Waals surface area contributed by atoms with E-state index in [1.165, 1.54) is 29.0 Å². The number of thiazole rings is 1. The first-order valence-electron chi connectivity index (χ1n) is 7.88. The number of aromatic nitrogens is 3. The topological polar surface area (TPSA) is 34.0 Å². The van der Waals surface area contributed by atoms with Crippen LogP contribution in [0.25, 0.3) is 9.88 Å². The van der Waals surface area contributed by atoms with E-state index in [-0.39, 0.29) is 0 Å². The normalized spacial score (nSPS) is 14.7. The van der Waals surface area contributed by atoms with E-state index >= 15 is 0 Å². The number of thiophene rings is 1. The van der Waals surface area contributed by atoms with Crippen LogP contribution < -0.4 is 0 Å². The molecule has 6 heteroatoms. The lowest BCUT2D eigenvalue weighted by Crippen LogP contribution is -2.18. The molecule has 1 aliphatic carbocycles. The third-order valence-electron chi connectivity index (χ3n) is 4.18. The molecule has 3 heterocycles. The summed E-state index contributed by atoms with van der Waals surface area (Å²) in [4.78, 5) is 8.36. The first kappa shape index (κ1) is 15.1. The van der Waals surface area contributed by atoms with Crippen LogP contribution in [0.2, 0.25) is 0 Å². The van der Waals surface area contributed by atoms with Crippen molar-refractivity contribution < 1.29 is 0 Å². The Bertz CT molecular complexity index is 783. The smallest absolute Gasteiger partial charge is 0.133 e. The van der Waals surface area contributed by atoms with E-state index in [4.69, 9.17) is 4.98 Å². The Morgan fingerprint density at radius 3 is 2.91 bits per heavy atom. The molecule has 1 fully saturated rings. The van der Waals surface area contributed by atoms with E-state index in [2.05, 4.69) is 51.7 Å². The van der Waals surface area contributed by atoms with Gasteiger partial charge in [0.25, 0.3) is 0 Å². The van der Waals surface area contributed by atoms with E-state index in [0.717, 1.165) is 29.7 Å². The van der Waals surface area contributed by atoms with Gasteiger partial charge in [0.2, 0.25) is 0 Å². The summed E-state index contributed by atoms with van der Waals surface area (Å²) in [5.41, 5.74) is 3.94. The number of hydrogen-bond acceptors (Lipinski definition) is 5. The van der Waals surface area contributed by atoms with Crippen LogP contribution in [0.1, 0.15) is 35.7 Å². The molecule has 4 nitrogen and oxygen atoms in total. The van der Waals surface area contributed by atoms with Crippen molar-refractivity contribution in [2.75, 3.05) is 7.05 Å². The van der Waals surface area contributed by atoms with Gasteiger partial charge in [-0.15, -0.1) is 22.7 Å². The van der Waals surface area contributed by atoms with Gasteiger partial charge in [0.15, 0.2) is 0 Å². The number of hydrogen-bond donors (Lipinski definition) is 0. The third kappa shape index (κ3) is 3.24. The van der Waals surface area contributed by atoms with E-state index < -0.39 is 0 Å². The minimum atomic E-state index is 0.732. The Morgan fingerprint density at radius 2 is 2.17 bits per heavy atom. The average Bonchev–Trinajstić information content (AvgIpc) is 2.93. The molecule has 3 aromatic rings. The fourth-order valence-electron chi connectivity index (χ4n) is 3.01. The predicted molar refractivity (Wildman–Crippen MR) is 95.8 cm³/mol. The predicted octanol–water partition coefficient (Wildman–Crippen LogP) is 4.11. The summed E-state index contributed by atoms with van der Waals surface area (Å²) in [7, 11) is 4.22. The van der Waals surface area contributed by atoms with Crippen LogP contribution in [0, 0.1) is 0 Å². The quantitative estimate of drug-likeness (QED) is 0.675. The van der Waals surface area contributed by atoms with Crippen LogP contribution in [0.5, 0.6) is 0 Å². The maximum Gasteiger partial charge on any atom is 0.133 e. The fourth-order valence-corrected chi connectivity index (χ4v) is 4.64. The van der Waals surface area contributed by atoms with Crippen LogP contribution >= 0.6 is 22.7 Å². The Morgan fingerprint density at radius 1 is 1.30 bits per heavy atom. The first-order valence-corrected chi connectivity index (χ1v) is 9.64. The van der Waals surface area contributed by atoms with Crippen molar-refractivity contribution in [3.63, 3.8) is 0 Å². The highest BCUT2D eigenvalue weighted by molar-refractivity contribution is 7.20. The van der Waals surface area contributed by atoms with Crippen LogP contribution in [-0.4, -0.2) is 26.7 Å². The van der Waals surface area contributed by atoms with Crippen molar-refractivity contribution in [3.05, 3.63) is 46.0 Å². The lowest BCUT2D eigenvalue weighted by Gasteiger charge is -2.15. The molecule has 0 unspecified atom stereocenters. The summed E-state index contributed by atoms with van der Waals surface area (Å²) in [6.45, 7) is 1.81. The highest BCUT2D eigenvalue weighted by Gasteiger charge is 2.29. The maximum atomic E-state index is 4.78. The molecular weight excluding hydrogens is 324 g/mol. The molecular formula is C17H20N4S2. The van der Waals surface area contributed by atoms with Crippen LogP contribution in [-0.2, 0) is 20.1 Å². The van der Waals surface area contributed by atoms with E-state index in [9.17, 15) is 0 Å². The standard InChI is InChI=1S/C17H20N4S2/c1-20(9-13-8-18-21(2)16(13)12-5-6-12)10-14-11-23-17(19-14)15-4-3-7-22-15/h3-4,7-8,11-12H,5-6,9-10H2,1-2H3. The van der Waals surface area contributed by atoms with E-state index in [0.29, 0.717) is 0 Å². The van der Waals surface area contributed by atoms with Crippen LogP contribution in [0.15, 0.2) is 29.1 Å². The van der Waals surface area contributed by atoms with Crippen molar-refractivity contribution >= 4 is 22.7 Å². The first-order chi connectivity index (χ1) is 11.2. The summed E-state index contributed by atoms with van der Waals surface area (Å²) >= 11 is 3.48. The second kappa shape index (κ2) is 6.19. The molecule has 120 valence electrons. The minimum absolute atomic E-state index is 0.732. The molecule has 0 radical (unpaired) electrons. The fraction of sp³-hybridized carbons (Fsp3) is 0.412. The van der Waals surface area contributed by atoms with Crippen molar-refractivity contribution in [2.45, 2.75) is 31.8 Å². The molecule has 3 aromatic heterocycles. The lowest BCUT2D eigenvalue weighted by molar-refractivity contribution is 0.314. The summed E-state index contributed by atoms with van der Waals surface area (Å²) in [6, 6.07) is 4.21. The van der Waals surface area contributed by atoms with Gasteiger partial charge in [-0.05, 0) is 31.3 Å². The van der Waals surface area contributed by atoms with Gasteiger partial charge < -0.3 is 0 Å². The van der Waals surface area contributed by atoms with Gasteiger partial charge in [0.1, 0.15) is 5.01 Å². The zero-order chi connectivity index (χ0) is 15.8. The molecule has 1 aliphatic rings. The number of aryl methyl sites for hydroxylation is 1. The Hall–Kier alpha value is -1.50. The number of rotatable bonds is 6. The summed E-state index contributed by atoms with van der Waals surface area (Å²) < 4.78 is 2.05. The largest absolute Gasteiger partial charge is 0.296 e. The minimum Gasteiger partial charge on any atom is -0.296 e. The van der Waals surface area contributed by atoms with Crippen molar-refractivity contribution in [1.82, 2.24) is 19.7 Å². The molecule has 0 spiro atoms. The van der Waals surface area contributed by atoms with E-state index in [1.807, 2.05) is 6.20 Å². The molecule has 0 N–H and O–H groups in total. The van der Waals surface area contributed by atoms with Gasteiger partial charge in [-0.1, -0.05) is 6.07 Å². The molecule has 23 heavy (non-hydrogen) atoms. The molecule has 0 atom stereocenters. The van der Waals surface area contributed by atoms with Crippen molar-refractivity contribution in [3.8, 4) is 9.88 Å². The lowest BCUT2D eigenvalue weighted by atomic mass is 10.1. The summed E-state index contributed by atoms with van der Waals surface area (Å²) in [5, 5.41) is 9.86. The van der Waals surface area contributed by atoms with E-state index in [1.54, 1.807) is 22.7 Å². The highest BCUT2D eigenvalue weighted by atomic mass is 32.1. The second-order valence-corrected chi connectivity index (χ2v) is 8.05. The van der Waals surface area contributed by atoms with Crippen LogP contribution in [0.3, 0.4) is 0 Å².